The summed E-state index contributed by atoms with van der Waals surface area (Å²) in [6.45, 7) is 13.1. The summed E-state index contributed by atoms with van der Waals surface area (Å²) in [6, 6.07) is 9.14. The van der Waals surface area contributed by atoms with E-state index in [0.717, 1.165) is 77.8 Å². The Labute approximate surface area is 164 Å². The summed E-state index contributed by atoms with van der Waals surface area (Å²) in [7, 11) is 0. The monoisotopic (exact) mass is 373 g/mol. The zero-order valence-corrected chi connectivity index (χ0v) is 16.9. The van der Waals surface area contributed by atoms with Gasteiger partial charge in [-0.25, -0.2) is 0 Å². The molecule has 2 aliphatic rings. The van der Waals surface area contributed by atoms with Crippen LogP contribution >= 0.6 is 0 Å². The molecule has 0 bridgehead atoms. The first-order valence-corrected chi connectivity index (χ1v) is 10.4. The zero-order valence-electron chi connectivity index (χ0n) is 16.9. The van der Waals surface area contributed by atoms with Gasteiger partial charge in [0.05, 0.1) is 19.8 Å². The minimum Gasteiger partial charge on any atom is -0.379 e. The molecule has 6 nitrogen and oxygen atoms in total. The summed E-state index contributed by atoms with van der Waals surface area (Å²) in [5.41, 5.74) is 2.84. The molecule has 2 aliphatic heterocycles. The zero-order chi connectivity index (χ0) is 18.9. The summed E-state index contributed by atoms with van der Waals surface area (Å²) < 4.78 is 5.40. The third-order valence-corrected chi connectivity index (χ3v) is 5.36. The number of fused-ring (bicyclic) bond motifs is 1. The largest absolute Gasteiger partial charge is 0.379 e. The van der Waals surface area contributed by atoms with Crippen molar-refractivity contribution < 1.29 is 4.74 Å². The second-order valence-corrected chi connectivity index (χ2v) is 7.38. The van der Waals surface area contributed by atoms with Gasteiger partial charge >= 0.3 is 0 Å². The Bertz CT molecular complexity index is 600. The van der Waals surface area contributed by atoms with Crippen LogP contribution in [0.1, 0.15) is 25.8 Å². The number of para-hydroxylation sites is 1. The highest BCUT2D eigenvalue weighted by molar-refractivity contribution is 5.79. The Morgan fingerprint density at radius 1 is 1.19 bits per heavy atom. The summed E-state index contributed by atoms with van der Waals surface area (Å²) in [4.78, 5) is 9.80. The van der Waals surface area contributed by atoms with Crippen molar-refractivity contribution >= 4 is 11.6 Å². The van der Waals surface area contributed by atoms with Gasteiger partial charge in [-0.1, -0.05) is 18.2 Å². The topological polar surface area (TPSA) is 52.1 Å². The Kier molecular flexibility index (Phi) is 7.78. The van der Waals surface area contributed by atoms with Gasteiger partial charge < -0.3 is 20.3 Å². The fraction of sp³-hybridized carbons (Fsp3) is 0.667. The third kappa shape index (κ3) is 5.84. The molecule has 0 saturated carbocycles. The van der Waals surface area contributed by atoms with Crippen LogP contribution in [-0.4, -0.2) is 75.9 Å². The summed E-state index contributed by atoms with van der Waals surface area (Å²) in [5.74, 6) is 0.929. The van der Waals surface area contributed by atoms with Gasteiger partial charge in [0, 0.05) is 44.5 Å². The van der Waals surface area contributed by atoms with Gasteiger partial charge in [-0.05, 0) is 44.9 Å². The van der Waals surface area contributed by atoms with Crippen LogP contribution < -0.4 is 15.5 Å². The fourth-order valence-corrected chi connectivity index (χ4v) is 3.82. The number of morpholine rings is 1. The van der Waals surface area contributed by atoms with Crippen molar-refractivity contribution in [2.24, 2.45) is 4.99 Å². The molecule has 6 heteroatoms. The van der Waals surface area contributed by atoms with Crippen molar-refractivity contribution in [2.75, 3.05) is 63.9 Å². The molecule has 1 atom stereocenters. The molecule has 27 heavy (non-hydrogen) atoms. The molecule has 1 unspecified atom stereocenters. The molecular formula is C21H35N5O. The van der Waals surface area contributed by atoms with Crippen molar-refractivity contribution in [1.82, 2.24) is 15.5 Å². The number of aliphatic imine (C=N–C) groups is 1. The first-order chi connectivity index (χ1) is 13.3. The molecule has 0 amide bonds. The van der Waals surface area contributed by atoms with Crippen LogP contribution in [0.4, 0.5) is 5.69 Å². The van der Waals surface area contributed by atoms with Crippen molar-refractivity contribution in [2.45, 2.75) is 32.7 Å². The lowest BCUT2D eigenvalue weighted by Crippen LogP contribution is -2.41. The summed E-state index contributed by atoms with van der Waals surface area (Å²) in [6.07, 6.45) is 2.27. The first-order valence-electron chi connectivity index (χ1n) is 10.4. The van der Waals surface area contributed by atoms with E-state index in [0.29, 0.717) is 6.04 Å². The normalized spacial score (nSPS) is 19.0. The van der Waals surface area contributed by atoms with E-state index in [4.69, 9.17) is 9.73 Å². The van der Waals surface area contributed by atoms with Gasteiger partial charge in [0.15, 0.2) is 5.96 Å². The number of nitrogens with zero attached hydrogens (tertiary/aromatic N) is 3. The Morgan fingerprint density at radius 3 is 2.81 bits per heavy atom. The molecule has 0 radical (unpaired) electrons. The van der Waals surface area contributed by atoms with E-state index in [1.807, 2.05) is 0 Å². The van der Waals surface area contributed by atoms with Crippen LogP contribution in [0.3, 0.4) is 0 Å². The molecule has 1 fully saturated rings. The Hall–Kier alpha value is -1.79. The number of hydrogen-bond donors (Lipinski definition) is 2. The molecule has 3 rings (SSSR count). The molecular weight excluding hydrogens is 338 g/mol. The van der Waals surface area contributed by atoms with Crippen LogP contribution in [0.25, 0.3) is 0 Å². The van der Waals surface area contributed by atoms with Crippen LogP contribution in [0.2, 0.25) is 0 Å². The predicted molar refractivity (Wildman–Crippen MR) is 113 cm³/mol. The van der Waals surface area contributed by atoms with Gasteiger partial charge in [0.2, 0.25) is 0 Å². The SMILES string of the molecule is CCNC(=NCC(C)N1CCc2ccccc21)NCCCN1CCOCC1. The molecule has 1 aromatic carbocycles. The van der Waals surface area contributed by atoms with E-state index in [9.17, 15) is 0 Å². The molecule has 1 saturated heterocycles. The molecule has 2 N–H and O–H groups in total. The van der Waals surface area contributed by atoms with Crippen molar-refractivity contribution in [3.05, 3.63) is 29.8 Å². The summed E-state index contributed by atoms with van der Waals surface area (Å²) >= 11 is 0. The lowest BCUT2D eigenvalue weighted by molar-refractivity contribution is 0.0376. The molecule has 0 aliphatic carbocycles. The molecule has 1 aromatic rings. The maximum Gasteiger partial charge on any atom is 0.191 e. The average molecular weight is 374 g/mol. The maximum atomic E-state index is 5.40. The van der Waals surface area contributed by atoms with Gasteiger partial charge in [-0.2, -0.15) is 0 Å². The number of hydrogen-bond acceptors (Lipinski definition) is 4. The van der Waals surface area contributed by atoms with E-state index in [1.54, 1.807) is 0 Å². The van der Waals surface area contributed by atoms with Gasteiger partial charge in [-0.15, -0.1) is 0 Å². The van der Waals surface area contributed by atoms with E-state index in [2.05, 4.69) is 58.5 Å². The van der Waals surface area contributed by atoms with Crippen LogP contribution in [0.5, 0.6) is 0 Å². The minimum absolute atomic E-state index is 0.400. The number of rotatable bonds is 8. The average Bonchev–Trinajstić information content (AvgIpc) is 3.14. The Balaban J connectivity index is 1.44. The standard InChI is InChI=1S/C21H35N5O/c1-3-22-21(23-10-6-11-25-13-15-27-16-14-25)24-17-18(2)26-12-9-19-7-4-5-8-20(19)26/h4-5,7-8,18H,3,6,9-17H2,1-2H3,(H2,22,23,24). The highest BCUT2D eigenvalue weighted by Gasteiger charge is 2.22. The molecule has 0 aromatic heterocycles. The van der Waals surface area contributed by atoms with Crippen LogP contribution in [0, 0.1) is 0 Å². The molecule has 2 heterocycles. The van der Waals surface area contributed by atoms with Gasteiger partial charge in [0.25, 0.3) is 0 Å². The quantitative estimate of drug-likeness (QED) is 0.413. The predicted octanol–water partition coefficient (Wildman–Crippen LogP) is 1.71. The number of guanidine groups is 1. The van der Waals surface area contributed by atoms with Gasteiger partial charge in [-0.3, -0.25) is 9.89 Å². The second-order valence-electron chi connectivity index (χ2n) is 7.38. The van der Waals surface area contributed by atoms with Crippen molar-refractivity contribution in [3.8, 4) is 0 Å². The summed E-state index contributed by atoms with van der Waals surface area (Å²) in [5, 5.41) is 6.86. The smallest absolute Gasteiger partial charge is 0.191 e. The van der Waals surface area contributed by atoms with E-state index in [1.165, 1.54) is 11.3 Å². The van der Waals surface area contributed by atoms with Crippen molar-refractivity contribution in [3.63, 3.8) is 0 Å². The molecule has 150 valence electrons. The minimum atomic E-state index is 0.400. The van der Waals surface area contributed by atoms with E-state index >= 15 is 0 Å². The third-order valence-electron chi connectivity index (χ3n) is 5.36. The van der Waals surface area contributed by atoms with E-state index < -0.39 is 0 Å². The number of ether oxygens (including phenoxy) is 1. The second kappa shape index (κ2) is 10.5. The van der Waals surface area contributed by atoms with Crippen LogP contribution in [-0.2, 0) is 11.2 Å². The molecule has 0 spiro atoms. The van der Waals surface area contributed by atoms with Crippen LogP contribution in [0.15, 0.2) is 29.3 Å². The fourth-order valence-electron chi connectivity index (χ4n) is 3.82. The number of nitrogens with one attached hydrogen (secondary N) is 2. The highest BCUT2D eigenvalue weighted by atomic mass is 16.5. The lowest BCUT2D eigenvalue weighted by atomic mass is 10.2. The van der Waals surface area contributed by atoms with Crippen molar-refractivity contribution in [1.29, 1.82) is 0 Å². The number of anilines is 1. The van der Waals surface area contributed by atoms with E-state index in [-0.39, 0.29) is 0 Å². The first kappa shape index (κ1) is 20.0. The van der Waals surface area contributed by atoms with Gasteiger partial charge in [0.1, 0.15) is 0 Å². The number of benzene rings is 1. The lowest BCUT2D eigenvalue weighted by Gasteiger charge is -2.27. The maximum absolute atomic E-state index is 5.40. The highest BCUT2D eigenvalue weighted by Crippen LogP contribution is 2.29. The Morgan fingerprint density at radius 2 is 2.00 bits per heavy atom.